The molecule has 0 unspecified atom stereocenters. The second-order valence-corrected chi connectivity index (χ2v) is 7.55. The number of piperazine rings is 1. The molecule has 2 aliphatic rings. The SMILES string of the molecule is CCNC(=NCc1ccc(N2CC=CC2)cc1)N1CCN(c2cnn(C)c2)C(=O)C1. The lowest BCUT2D eigenvalue weighted by Crippen LogP contribution is -2.55. The summed E-state index contributed by atoms with van der Waals surface area (Å²) < 4.78 is 1.71. The van der Waals surface area contributed by atoms with Gasteiger partial charge in [0.2, 0.25) is 5.91 Å². The Hall–Kier alpha value is -3.29. The highest BCUT2D eigenvalue weighted by Crippen LogP contribution is 2.19. The number of aryl methyl sites for hydroxylation is 1. The molecule has 0 saturated carbocycles. The second-order valence-electron chi connectivity index (χ2n) is 7.55. The fraction of sp³-hybridized carbons (Fsp3) is 0.409. The maximum atomic E-state index is 12.7. The van der Waals surface area contributed by atoms with Crippen LogP contribution in [0.15, 0.2) is 53.8 Å². The zero-order valence-corrected chi connectivity index (χ0v) is 17.7. The molecule has 1 aromatic carbocycles. The maximum Gasteiger partial charge on any atom is 0.246 e. The molecule has 30 heavy (non-hydrogen) atoms. The summed E-state index contributed by atoms with van der Waals surface area (Å²) in [4.78, 5) is 23.6. The molecule has 2 aliphatic heterocycles. The number of hydrogen-bond acceptors (Lipinski definition) is 4. The number of hydrogen-bond donors (Lipinski definition) is 1. The number of carbonyl (C=O) groups excluding carboxylic acids is 1. The van der Waals surface area contributed by atoms with Crippen LogP contribution >= 0.6 is 0 Å². The lowest BCUT2D eigenvalue weighted by molar-refractivity contribution is -0.120. The van der Waals surface area contributed by atoms with Crippen molar-refractivity contribution in [1.82, 2.24) is 20.0 Å². The van der Waals surface area contributed by atoms with Gasteiger partial charge < -0.3 is 20.0 Å². The predicted octanol–water partition coefficient (Wildman–Crippen LogP) is 1.61. The zero-order valence-electron chi connectivity index (χ0n) is 17.7. The average Bonchev–Trinajstić information content (AvgIpc) is 3.43. The van der Waals surface area contributed by atoms with Crippen molar-refractivity contribution in [2.45, 2.75) is 13.5 Å². The van der Waals surface area contributed by atoms with Gasteiger partial charge in [-0.25, -0.2) is 4.99 Å². The van der Waals surface area contributed by atoms with Gasteiger partial charge in [0.25, 0.3) is 0 Å². The van der Waals surface area contributed by atoms with Crippen LogP contribution in [0.2, 0.25) is 0 Å². The van der Waals surface area contributed by atoms with Crippen LogP contribution in [0.1, 0.15) is 12.5 Å². The summed E-state index contributed by atoms with van der Waals surface area (Å²) >= 11 is 0. The van der Waals surface area contributed by atoms with E-state index in [1.54, 1.807) is 15.8 Å². The molecule has 8 nitrogen and oxygen atoms in total. The Morgan fingerprint density at radius 3 is 2.53 bits per heavy atom. The van der Waals surface area contributed by atoms with Crippen molar-refractivity contribution >= 4 is 23.2 Å². The first kappa shape index (κ1) is 20.0. The van der Waals surface area contributed by atoms with Crippen LogP contribution in [0.5, 0.6) is 0 Å². The standard InChI is InChI=1S/C22H29N7O/c1-3-23-22(24-14-18-6-8-19(9-7-18)27-10-4-5-11-27)28-12-13-29(21(30)17-28)20-15-25-26(2)16-20/h4-9,15-16H,3,10-14,17H2,1-2H3,(H,23,24). The van der Waals surface area contributed by atoms with Gasteiger partial charge in [-0.2, -0.15) is 5.10 Å². The fourth-order valence-corrected chi connectivity index (χ4v) is 3.77. The van der Waals surface area contributed by atoms with Crippen LogP contribution in [-0.4, -0.2) is 65.8 Å². The van der Waals surface area contributed by atoms with Gasteiger partial charge >= 0.3 is 0 Å². The first-order valence-corrected chi connectivity index (χ1v) is 10.4. The minimum absolute atomic E-state index is 0.0587. The van der Waals surface area contributed by atoms with Gasteiger partial charge in [-0.3, -0.25) is 9.48 Å². The number of guanidine groups is 1. The molecule has 3 heterocycles. The molecule has 1 amide bonds. The first-order valence-electron chi connectivity index (χ1n) is 10.4. The quantitative estimate of drug-likeness (QED) is 0.463. The Kier molecular flexibility index (Phi) is 6.02. The van der Waals surface area contributed by atoms with E-state index in [2.05, 4.69) is 51.7 Å². The normalized spacial score (nSPS) is 17.2. The van der Waals surface area contributed by atoms with Crippen molar-refractivity contribution in [1.29, 1.82) is 0 Å². The minimum Gasteiger partial charge on any atom is -0.364 e. The zero-order chi connectivity index (χ0) is 20.9. The molecule has 0 spiro atoms. The van der Waals surface area contributed by atoms with E-state index in [1.807, 2.05) is 25.1 Å². The molecule has 1 fully saturated rings. The van der Waals surface area contributed by atoms with Crippen molar-refractivity contribution < 1.29 is 4.79 Å². The summed E-state index contributed by atoms with van der Waals surface area (Å²) in [5.74, 6) is 0.841. The highest BCUT2D eigenvalue weighted by molar-refractivity contribution is 5.98. The third kappa shape index (κ3) is 4.48. The third-order valence-corrected chi connectivity index (χ3v) is 5.39. The van der Waals surface area contributed by atoms with E-state index in [1.165, 1.54) is 5.69 Å². The molecule has 0 bridgehead atoms. The Morgan fingerprint density at radius 1 is 1.13 bits per heavy atom. The van der Waals surface area contributed by atoms with E-state index < -0.39 is 0 Å². The molecule has 1 N–H and O–H groups in total. The molecular formula is C22H29N7O. The summed E-state index contributed by atoms with van der Waals surface area (Å²) in [5, 5.41) is 7.50. The van der Waals surface area contributed by atoms with Gasteiger partial charge in [0, 0.05) is 51.7 Å². The largest absolute Gasteiger partial charge is 0.364 e. The third-order valence-electron chi connectivity index (χ3n) is 5.39. The number of aliphatic imine (C=N–C) groups is 1. The Bertz CT molecular complexity index is 923. The Labute approximate surface area is 177 Å². The molecule has 1 aromatic heterocycles. The van der Waals surface area contributed by atoms with Gasteiger partial charge in [-0.05, 0) is 24.6 Å². The van der Waals surface area contributed by atoms with Crippen LogP contribution in [-0.2, 0) is 18.4 Å². The van der Waals surface area contributed by atoms with Crippen molar-refractivity contribution in [3.63, 3.8) is 0 Å². The molecule has 0 atom stereocenters. The summed E-state index contributed by atoms with van der Waals surface area (Å²) in [7, 11) is 1.86. The number of nitrogens with one attached hydrogen (secondary N) is 1. The van der Waals surface area contributed by atoms with Crippen molar-refractivity contribution in [2.75, 3.05) is 49.1 Å². The highest BCUT2D eigenvalue weighted by Gasteiger charge is 2.27. The monoisotopic (exact) mass is 407 g/mol. The number of anilines is 2. The van der Waals surface area contributed by atoms with Gasteiger partial charge in [-0.1, -0.05) is 24.3 Å². The van der Waals surface area contributed by atoms with Crippen LogP contribution in [0.3, 0.4) is 0 Å². The number of rotatable bonds is 5. The lowest BCUT2D eigenvalue weighted by atomic mass is 10.2. The van der Waals surface area contributed by atoms with E-state index in [4.69, 9.17) is 4.99 Å². The number of benzene rings is 1. The number of aromatic nitrogens is 2. The number of carbonyl (C=O) groups is 1. The molecule has 0 radical (unpaired) electrons. The lowest BCUT2D eigenvalue weighted by Gasteiger charge is -2.35. The van der Waals surface area contributed by atoms with E-state index in [-0.39, 0.29) is 5.91 Å². The van der Waals surface area contributed by atoms with Crippen LogP contribution in [0.25, 0.3) is 0 Å². The molecular weight excluding hydrogens is 378 g/mol. The molecule has 158 valence electrons. The van der Waals surface area contributed by atoms with Gasteiger partial charge in [0.1, 0.15) is 6.54 Å². The summed E-state index contributed by atoms with van der Waals surface area (Å²) in [6.07, 6.45) is 7.98. The molecule has 2 aromatic rings. The number of nitrogens with zero attached hydrogens (tertiary/aromatic N) is 6. The van der Waals surface area contributed by atoms with Crippen molar-refractivity contribution in [2.24, 2.45) is 12.0 Å². The van der Waals surface area contributed by atoms with Crippen LogP contribution < -0.4 is 15.1 Å². The molecule has 8 heteroatoms. The second kappa shape index (κ2) is 9.02. The minimum atomic E-state index is 0.0587. The van der Waals surface area contributed by atoms with E-state index in [9.17, 15) is 4.79 Å². The van der Waals surface area contributed by atoms with Gasteiger partial charge in [0.15, 0.2) is 5.96 Å². The summed E-state index contributed by atoms with van der Waals surface area (Å²) in [5.41, 5.74) is 3.23. The smallest absolute Gasteiger partial charge is 0.246 e. The molecule has 0 aliphatic carbocycles. The van der Waals surface area contributed by atoms with Crippen LogP contribution in [0, 0.1) is 0 Å². The molecule has 1 saturated heterocycles. The predicted molar refractivity (Wildman–Crippen MR) is 120 cm³/mol. The van der Waals surface area contributed by atoms with Gasteiger partial charge in [0.05, 0.1) is 18.4 Å². The van der Waals surface area contributed by atoms with Crippen molar-refractivity contribution in [3.05, 3.63) is 54.4 Å². The van der Waals surface area contributed by atoms with E-state index in [0.717, 1.165) is 43.4 Å². The maximum absolute atomic E-state index is 12.7. The Balaban J connectivity index is 1.39. The number of amides is 1. The Morgan fingerprint density at radius 2 is 1.90 bits per heavy atom. The summed E-state index contributed by atoms with van der Waals surface area (Å²) in [6.45, 7) is 6.99. The average molecular weight is 408 g/mol. The first-order chi connectivity index (χ1) is 14.6. The van der Waals surface area contributed by atoms with Gasteiger partial charge in [-0.15, -0.1) is 0 Å². The summed E-state index contributed by atoms with van der Waals surface area (Å²) in [6, 6.07) is 8.57. The van der Waals surface area contributed by atoms with E-state index in [0.29, 0.717) is 19.6 Å². The van der Waals surface area contributed by atoms with Crippen molar-refractivity contribution in [3.8, 4) is 0 Å². The topological polar surface area (TPSA) is 69.0 Å². The van der Waals surface area contributed by atoms with E-state index >= 15 is 0 Å². The molecule has 4 rings (SSSR count). The fourth-order valence-electron chi connectivity index (χ4n) is 3.77. The highest BCUT2D eigenvalue weighted by atomic mass is 16.2. The van der Waals surface area contributed by atoms with Crippen LogP contribution in [0.4, 0.5) is 11.4 Å².